The van der Waals surface area contributed by atoms with Crippen LogP contribution in [0.1, 0.15) is 39.0 Å². The van der Waals surface area contributed by atoms with Gasteiger partial charge in [-0.15, -0.1) is 0 Å². The fourth-order valence-electron chi connectivity index (χ4n) is 2.25. The minimum Gasteiger partial charge on any atom is -0.466 e. The van der Waals surface area contributed by atoms with Gasteiger partial charge in [-0.25, -0.2) is 0 Å². The van der Waals surface area contributed by atoms with Crippen LogP contribution in [0, 0.1) is 5.92 Å². The average Bonchev–Trinajstić information content (AvgIpc) is 3.11. The van der Waals surface area contributed by atoms with Gasteiger partial charge in [-0.1, -0.05) is 0 Å². The molecule has 1 amide bonds. The van der Waals surface area contributed by atoms with Crippen LogP contribution in [0.2, 0.25) is 0 Å². The smallest absolute Gasteiger partial charge is 0.306 e. The Hall–Kier alpha value is -1.10. The number of hydrogen-bond donors (Lipinski definition) is 0. The summed E-state index contributed by atoms with van der Waals surface area (Å²) in [5.41, 5.74) is 0. The van der Waals surface area contributed by atoms with Crippen LogP contribution in [0.25, 0.3) is 0 Å². The monoisotopic (exact) mass is 269 g/mol. The van der Waals surface area contributed by atoms with Crippen molar-refractivity contribution in [1.82, 2.24) is 4.90 Å². The van der Waals surface area contributed by atoms with Crippen molar-refractivity contribution < 1.29 is 19.1 Å². The molecule has 5 nitrogen and oxygen atoms in total. The van der Waals surface area contributed by atoms with Crippen LogP contribution in [0.15, 0.2) is 0 Å². The van der Waals surface area contributed by atoms with E-state index in [1.807, 2.05) is 0 Å². The predicted octanol–water partition coefficient (Wildman–Crippen LogP) is 1.36. The molecule has 1 aliphatic carbocycles. The van der Waals surface area contributed by atoms with E-state index in [1.165, 1.54) is 12.8 Å². The Kier molecular flexibility index (Phi) is 5.19. The summed E-state index contributed by atoms with van der Waals surface area (Å²) in [6.07, 6.45) is 4.10. The molecular formula is C14H23NO4. The van der Waals surface area contributed by atoms with E-state index in [9.17, 15) is 9.59 Å². The second-order valence-corrected chi connectivity index (χ2v) is 5.33. The number of ether oxygens (including phenoxy) is 2. The zero-order chi connectivity index (χ0) is 13.7. The fraction of sp³-hybridized carbons (Fsp3) is 0.857. The second-order valence-electron chi connectivity index (χ2n) is 5.33. The quantitative estimate of drug-likeness (QED) is 0.655. The first-order valence-corrected chi connectivity index (χ1v) is 7.24. The third kappa shape index (κ3) is 4.82. The van der Waals surface area contributed by atoms with E-state index in [1.54, 1.807) is 11.8 Å². The maximum atomic E-state index is 11.9. The molecule has 0 aromatic heterocycles. The van der Waals surface area contributed by atoms with Gasteiger partial charge in [0.05, 0.1) is 19.1 Å². The molecule has 0 N–H and O–H groups in total. The SMILES string of the molecule is CCOC(=O)CCC(=O)N1CC[C@@H](OCC2CC2)C1. The topological polar surface area (TPSA) is 55.8 Å². The van der Waals surface area contributed by atoms with Gasteiger partial charge in [-0.05, 0) is 32.1 Å². The van der Waals surface area contributed by atoms with Crippen molar-refractivity contribution in [2.24, 2.45) is 5.92 Å². The Morgan fingerprint density at radius 3 is 2.68 bits per heavy atom. The summed E-state index contributed by atoms with van der Waals surface area (Å²) in [5, 5.41) is 0. The van der Waals surface area contributed by atoms with Gasteiger partial charge in [0.25, 0.3) is 0 Å². The van der Waals surface area contributed by atoms with Gasteiger partial charge in [-0.3, -0.25) is 9.59 Å². The Morgan fingerprint density at radius 2 is 2.00 bits per heavy atom. The molecule has 0 unspecified atom stereocenters. The minimum absolute atomic E-state index is 0.0329. The first kappa shape index (κ1) is 14.3. The molecule has 19 heavy (non-hydrogen) atoms. The summed E-state index contributed by atoms with van der Waals surface area (Å²) in [6, 6.07) is 0. The predicted molar refractivity (Wildman–Crippen MR) is 69.5 cm³/mol. The first-order valence-electron chi connectivity index (χ1n) is 7.24. The number of hydrogen-bond acceptors (Lipinski definition) is 4. The highest BCUT2D eigenvalue weighted by Crippen LogP contribution is 2.30. The Bertz CT molecular complexity index is 327. The van der Waals surface area contributed by atoms with Crippen LogP contribution in [-0.2, 0) is 19.1 Å². The summed E-state index contributed by atoms with van der Waals surface area (Å²) in [6.45, 7) is 4.40. The first-order chi connectivity index (χ1) is 9.19. The van der Waals surface area contributed by atoms with Gasteiger partial charge < -0.3 is 14.4 Å². The van der Waals surface area contributed by atoms with E-state index in [-0.39, 0.29) is 30.8 Å². The molecule has 2 rings (SSSR count). The van der Waals surface area contributed by atoms with Crippen LogP contribution >= 0.6 is 0 Å². The molecule has 1 atom stereocenters. The van der Waals surface area contributed by atoms with E-state index < -0.39 is 0 Å². The molecule has 108 valence electrons. The number of rotatable bonds is 7. The highest BCUT2D eigenvalue weighted by Gasteiger charge is 2.29. The van der Waals surface area contributed by atoms with Crippen LogP contribution in [0.4, 0.5) is 0 Å². The summed E-state index contributed by atoms with van der Waals surface area (Å²) >= 11 is 0. The van der Waals surface area contributed by atoms with E-state index in [0.29, 0.717) is 13.2 Å². The minimum atomic E-state index is -0.295. The molecule has 1 saturated carbocycles. The summed E-state index contributed by atoms with van der Waals surface area (Å²) < 4.78 is 10.6. The van der Waals surface area contributed by atoms with E-state index in [4.69, 9.17) is 9.47 Å². The molecule has 1 saturated heterocycles. The molecule has 1 aliphatic heterocycles. The molecule has 0 spiro atoms. The lowest BCUT2D eigenvalue weighted by Gasteiger charge is -2.16. The molecule has 5 heteroatoms. The van der Waals surface area contributed by atoms with E-state index >= 15 is 0 Å². The average molecular weight is 269 g/mol. The lowest BCUT2D eigenvalue weighted by atomic mass is 10.3. The summed E-state index contributed by atoms with van der Waals surface area (Å²) in [4.78, 5) is 24.9. The van der Waals surface area contributed by atoms with E-state index in [2.05, 4.69) is 0 Å². The Balaban J connectivity index is 1.61. The largest absolute Gasteiger partial charge is 0.466 e. The van der Waals surface area contributed by atoms with Gasteiger partial charge in [0.1, 0.15) is 0 Å². The van der Waals surface area contributed by atoms with Gasteiger partial charge in [0.15, 0.2) is 0 Å². The third-order valence-corrected chi connectivity index (χ3v) is 3.61. The molecule has 0 radical (unpaired) electrons. The maximum absolute atomic E-state index is 11.9. The summed E-state index contributed by atoms with van der Waals surface area (Å²) in [7, 11) is 0. The number of carbonyl (C=O) groups excluding carboxylic acids is 2. The van der Waals surface area contributed by atoms with Crippen molar-refractivity contribution in [2.75, 3.05) is 26.3 Å². The normalized spacial score (nSPS) is 22.6. The van der Waals surface area contributed by atoms with Gasteiger partial charge in [0, 0.05) is 26.1 Å². The molecule has 0 aromatic carbocycles. The standard InChI is InChI=1S/C14H23NO4/c1-2-18-14(17)6-5-13(16)15-8-7-12(9-15)19-10-11-3-4-11/h11-12H,2-10H2,1H3/t12-/m1/s1. The molecular weight excluding hydrogens is 246 g/mol. The number of likely N-dealkylation sites (tertiary alicyclic amines) is 1. The summed E-state index contributed by atoms with van der Waals surface area (Å²) in [5.74, 6) is 0.496. The molecule has 0 bridgehead atoms. The lowest BCUT2D eigenvalue weighted by Crippen LogP contribution is -2.30. The van der Waals surface area contributed by atoms with Crippen molar-refractivity contribution in [1.29, 1.82) is 0 Å². The van der Waals surface area contributed by atoms with Crippen molar-refractivity contribution in [3.05, 3.63) is 0 Å². The number of carbonyl (C=O) groups is 2. The van der Waals surface area contributed by atoms with Gasteiger partial charge in [0.2, 0.25) is 5.91 Å². The number of amides is 1. The van der Waals surface area contributed by atoms with Crippen LogP contribution in [0.3, 0.4) is 0 Å². The van der Waals surface area contributed by atoms with Crippen molar-refractivity contribution in [3.63, 3.8) is 0 Å². The highest BCUT2D eigenvalue weighted by molar-refractivity contribution is 5.81. The number of nitrogens with zero attached hydrogens (tertiary/aromatic N) is 1. The van der Waals surface area contributed by atoms with Crippen molar-refractivity contribution in [2.45, 2.75) is 45.1 Å². The maximum Gasteiger partial charge on any atom is 0.306 e. The van der Waals surface area contributed by atoms with Crippen molar-refractivity contribution in [3.8, 4) is 0 Å². The third-order valence-electron chi connectivity index (χ3n) is 3.61. The van der Waals surface area contributed by atoms with Crippen LogP contribution in [-0.4, -0.2) is 49.2 Å². The Labute approximate surface area is 114 Å². The molecule has 1 heterocycles. The molecule has 2 fully saturated rings. The zero-order valence-electron chi connectivity index (χ0n) is 11.6. The lowest BCUT2D eigenvalue weighted by molar-refractivity contribution is -0.145. The zero-order valence-corrected chi connectivity index (χ0v) is 11.6. The van der Waals surface area contributed by atoms with Crippen LogP contribution < -0.4 is 0 Å². The van der Waals surface area contributed by atoms with E-state index in [0.717, 1.165) is 25.5 Å². The van der Waals surface area contributed by atoms with Crippen molar-refractivity contribution >= 4 is 11.9 Å². The highest BCUT2D eigenvalue weighted by atomic mass is 16.5. The molecule has 0 aromatic rings. The van der Waals surface area contributed by atoms with Crippen LogP contribution in [0.5, 0.6) is 0 Å². The fourth-order valence-corrected chi connectivity index (χ4v) is 2.25. The second kappa shape index (κ2) is 6.89. The van der Waals surface area contributed by atoms with Gasteiger partial charge >= 0.3 is 5.97 Å². The van der Waals surface area contributed by atoms with Gasteiger partial charge in [-0.2, -0.15) is 0 Å². The Morgan fingerprint density at radius 1 is 1.21 bits per heavy atom. The number of esters is 1. The molecule has 2 aliphatic rings.